The van der Waals surface area contributed by atoms with Crippen molar-refractivity contribution < 1.29 is 21.6 Å². The predicted octanol–water partition coefficient (Wildman–Crippen LogP) is 11.2. The maximum absolute atomic E-state index is 11.6. The molecule has 0 aliphatic carbocycles. The lowest BCUT2D eigenvalue weighted by Crippen LogP contribution is -2.15. The van der Waals surface area contributed by atoms with Gasteiger partial charge in [0.1, 0.15) is 0 Å². The van der Waals surface area contributed by atoms with Gasteiger partial charge in [-0.15, -0.1) is 0 Å². The van der Waals surface area contributed by atoms with E-state index in [2.05, 4.69) is 65.8 Å². The number of hydrogen-bond donors (Lipinski definition) is 0. The van der Waals surface area contributed by atoms with E-state index in [0.29, 0.717) is 4.90 Å². The van der Waals surface area contributed by atoms with E-state index in [-0.39, 0.29) is 28.0 Å². The van der Waals surface area contributed by atoms with Gasteiger partial charge in [-0.25, -0.2) is 16.8 Å². The minimum Gasteiger partial charge on any atom is -0.295 e. The SMILES string of the molecule is CC(C)=CCC/C(C)=C/C(=O)C(C)C.CC(C)=CCC/C=C/CC(C)C.CCS(=O)(=O)C(C)C.Cc1ccc(S(=O)(=O)C(C)C)cc1. The molecule has 0 saturated heterocycles. The van der Waals surface area contributed by atoms with Crippen molar-refractivity contribution in [2.24, 2.45) is 11.8 Å². The fourth-order valence-corrected chi connectivity index (χ4v) is 5.08. The second-order valence-electron chi connectivity index (χ2n) is 13.7. The van der Waals surface area contributed by atoms with Gasteiger partial charge >= 0.3 is 0 Å². The molecule has 0 spiro atoms. The van der Waals surface area contributed by atoms with Gasteiger partial charge in [0.25, 0.3) is 0 Å². The normalized spacial score (nSPS) is 11.8. The summed E-state index contributed by atoms with van der Waals surface area (Å²) in [6.45, 7) is 29.2. The first-order valence-electron chi connectivity index (χ1n) is 17.2. The van der Waals surface area contributed by atoms with E-state index < -0.39 is 19.7 Å². The van der Waals surface area contributed by atoms with Crippen molar-refractivity contribution in [1.29, 1.82) is 0 Å². The molecule has 1 aromatic carbocycles. The summed E-state index contributed by atoms with van der Waals surface area (Å²) < 4.78 is 44.7. The fourth-order valence-electron chi connectivity index (χ4n) is 3.36. The standard InChI is InChI=1S/C13H22O.C12H22.C10H14O2S.C5H12O2S/c1-10(2)7-6-8-12(5)9-13(14)11(3)4;1-11(2)9-7-5-6-8-10-12(3)4;1-8(2)13(11,12)10-6-4-9(3)5-7-10;1-4-8(6,7)5(2)3/h7,9,11H,6,8H2,1-5H3;5,7,10-11H,6,8-9H2,1-4H3;4-8H,1-3H3;5H,4H2,1-3H3/b12-9+;7-5+;;. The Balaban J connectivity index is -0.000000559. The van der Waals surface area contributed by atoms with Gasteiger partial charge in [0.2, 0.25) is 0 Å². The quantitative estimate of drug-likeness (QED) is 0.110. The lowest BCUT2D eigenvalue weighted by Gasteiger charge is -2.07. The molecule has 0 aromatic heterocycles. The maximum atomic E-state index is 11.6. The third kappa shape index (κ3) is 28.5. The molecule has 0 heterocycles. The molecule has 0 N–H and O–H groups in total. The van der Waals surface area contributed by atoms with Gasteiger partial charge < -0.3 is 0 Å². The smallest absolute Gasteiger partial charge is 0.180 e. The largest absolute Gasteiger partial charge is 0.295 e. The van der Waals surface area contributed by atoms with Crippen molar-refractivity contribution >= 4 is 25.5 Å². The van der Waals surface area contributed by atoms with Crippen molar-refractivity contribution in [3.8, 4) is 0 Å². The third-order valence-electron chi connectivity index (χ3n) is 6.80. The molecule has 0 aliphatic heterocycles. The predicted molar refractivity (Wildman–Crippen MR) is 208 cm³/mol. The minimum atomic E-state index is -3.09. The molecule has 47 heavy (non-hydrogen) atoms. The number of carbonyl (C=O) groups is 1. The van der Waals surface area contributed by atoms with Gasteiger partial charge in [-0.2, -0.15) is 0 Å². The molecule has 0 radical (unpaired) electrons. The van der Waals surface area contributed by atoms with Crippen LogP contribution < -0.4 is 0 Å². The second-order valence-corrected chi connectivity index (χ2v) is 19.1. The lowest BCUT2D eigenvalue weighted by molar-refractivity contribution is -0.117. The Hall–Kier alpha value is -2.25. The summed E-state index contributed by atoms with van der Waals surface area (Å²) in [5, 5.41) is -0.567. The molecule has 0 aliphatic rings. The van der Waals surface area contributed by atoms with Crippen LogP contribution in [-0.4, -0.2) is 38.9 Å². The highest BCUT2D eigenvalue weighted by Crippen LogP contribution is 2.16. The Labute approximate surface area is 292 Å². The van der Waals surface area contributed by atoms with E-state index in [1.807, 2.05) is 39.8 Å². The first kappa shape index (κ1) is 49.1. The molecule has 0 unspecified atom stereocenters. The maximum Gasteiger partial charge on any atom is 0.180 e. The zero-order valence-electron chi connectivity index (χ0n) is 32.6. The Morgan fingerprint density at radius 3 is 1.55 bits per heavy atom. The summed E-state index contributed by atoms with van der Waals surface area (Å²) in [5.74, 6) is 1.41. The van der Waals surface area contributed by atoms with E-state index >= 15 is 0 Å². The summed E-state index contributed by atoms with van der Waals surface area (Å²) >= 11 is 0. The van der Waals surface area contributed by atoms with Gasteiger partial charge in [0, 0.05) is 11.7 Å². The number of unbranched alkanes of at least 4 members (excludes halogenated alkanes) is 1. The van der Waals surface area contributed by atoms with Crippen LogP contribution in [0.3, 0.4) is 0 Å². The number of benzene rings is 1. The Morgan fingerprint density at radius 2 is 1.19 bits per heavy atom. The molecule has 0 saturated carbocycles. The Morgan fingerprint density at radius 1 is 0.702 bits per heavy atom. The minimum absolute atomic E-state index is 0.119. The first-order valence-corrected chi connectivity index (χ1v) is 20.4. The van der Waals surface area contributed by atoms with Crippen LogP contribution in [0.15, 0.2) is 76.3 Å². The number of rotatable bonds is 14. The molecular weight excluding hydrogens is 625 g/mol. The van der Waals surface area contributed by atoms with Gasteiger partial charge in [-0.1, -0.05) is 93.3 Å². The summed E-state index contributed by atoms with van der Waals surface area (Å²) in [4.78, 5) is 11.8. The molecule has 0 atom stereocenters. The van der Waals surface area contributed by atoms with Crippen molar-refractivity contribution in [1.82, 2.24) is 0 Å². The highest BCUT2D eigenvalue weighted by Gasteiger charge is 2.18. The number of carbonyl (C=O) groups excluding carboxylic acids is 1. The monoisotopic (exact) mass is 694 g/mol. The molecule has 1 aromatic rings. The van der Waals surface area contributed by atoms with E-state index in [0.717, 1.165) is 24.3 Å². The lowest BCUT2D eigenvalue weighted by atomic mass is 10.0. The summed E-state index contributed by atoms with van der Waals surface area (Å²) in [6.07, 6.45) is 16.5. The van der Waals surface area contributed by atoms with Gasteiger partial charge in [0.05, 0.1) is 15.4 Å². The summed E-state index contributed by atoms with van der Waals surface area (Å²) in [7, 11) is -5.83. The zero-order chi connectivity index (χ0) is 37.4. The van der Waals surface area contributed by atoms with Crippen molar-refractivity contribution in [2.45, 2.75) is 151 Å². The number of ketones is 1. The van der Waals surface area contributed by atoms with Crippen LogP contribution in [0.1, 0.15) is 135 Å². The van der Waals surface area contributed by atoms with Crippen LogP contribution in [0.25, 0.3) is 0 Å². The average Bonchev–Trinajstić information content (AvgIpc) is 2.95. The molecule has 0 fully saturated rings. The molecule has 0 amide bonds. The summed E-state index contributed by atoms with van der Waals surface area (Å²) in [5.41, 5.74) is 5.02. The van der Waals surface area contributed by atoms with Gasteiger partial charge in [-0.3, -0.25) is 4.79 Å². The van der Waals surface area contributed by atoms with Crippen molar-refractivity contribution in [3.05, 3.63) is 76.9 Å². The Bertz CT molecular complexity index is 1310. The van der Waals surface area contributed by atoms with Crippen LogP contribution in [0, 0.1) is 18.8 Å². The van der Waals surface area contributed by atoms with E-state index in [1.165, 1.54) is 36.0 Å². The highest BCUT2D eigenvalue weighted by molar-refractivity contribution is 7.92. The molecule has 5 nitrogen and oxygen atoms in total. The molecule has 272 valence electrons. The topological polar surface area (TPSA) is 85.3 Å². The average molecular weight is 695 g/mol. The number of hydrogen-bond acceptors (Lipinski definition) is 5. The third-order valence-corrected chi connectivity index (χ3v) is 11.2. The summed E-state index contributed by atoms with van der Waals surface area (Å²) in [6, 6.07) is 6.94. The van der Waals surface area contributed by atoms with Crippen LogP contribution in [-0.2, 0) is 24.5 Å². The van der Waals surface area contributed by atoms with E-state index in [9.17, 15) is 21.6 Å². The molecule has 7 heteroatoms. The van der Waals surface area contributed by atoms with E-state index in [1.54, 1.807) is 52.8 Å². The van der Waals surface area contributed by atoms with Crippen LogP contribution in [0.4, 0.5) is 0 Å². The Kier molecular flexibility index (Phi) is 27.9. The fraction of sp³-hybridized carbons (Fsp3) is 0.625. The van der Waals surface area contributed by atoms with Crippen molar-refractivity contribution in [3.63, 3.8) is 0 Å². The molecular formula is C40H70O5S2. The molecule has 1 rings (SSSR count). The van der Waals surface area contributed by atoms with Crippen LogP contribution >= 0.6 is 0 Å². The second kappa shape index (κ2) is 26.7. The van der Waals surface area contributed by atoms with Gasteiger partial charge in [-0.05, 0) is 125 Å². The van der Waals surface area contributed by atoms with Crippen LogP contribution in [0.5, 0.6) is 0 Å². The van der Waals surface area contributed by atoms with Crippen LogP contribution in [0.2, 0.25) is 0 Å². The first-order chi connectivity index (χ1) is 21.5. The zero-order valence-corrected chi connectivity index (χ0v) is 34.2. The number of aryl methyl sites for hydroxylation is 1. The number of allylic oxidation sites excluding steroid dienone is 8. The van der Waals surface area contributed by atoms with E-state index in [4.69, 9.17) is 0 Å². The van der Waals surface area contributed by atoms with Crippen molar-refractivity contribution in [2.75, 3.05) is 5.75 Å². The van der Waals surface area contributed by atoms with Gasteiger partial charge in [0.15, 0.2) is 25.5 Å². The highest BCUT2D eigenvalue weighted by atomic mass is 32.2. The molecule has 0 bridgehead atoms. The number of sulfone groups is 2.